The average Bonchev–Trinajstić information content (AvgIpc) is 2.34. The minimum absolute atomic E-state index is 0.633. The van der Waals surface area contributed by atoms with Gasteiger partial charge >= 0.3 is 0 Å². The lowest BCUT2D eigenvalue weighted by molar-refractivity contribution is 0.315. The molecule has 0 bridgehead atoms. The highest BCUT2D eigenvalue weighted by Crippen LogP contribution is 2.13. The van der Waals surface area contributed by atoms with Crippen molar-refractivity contribution in [1.82, 2.24) is 4.90 Å². The molecule has 0 aromatic rings. The van der Waals surface area contributed by atoms with Gasteiger partial charge in [0.2, 0.25) is 0 Å². The topological polar surface area (TPSA) is 35.8 Å². The quantitative estimate of drug-likeness (QED) is 0.241. The Morgan fingerprint density at radius 2 is 1.94 bits per heavy atom. The van der Waals surface area contributed by atoms with Crippen LogP contribution in [0.25, 0.3) is 0 Å². The number of nitrogens with zero attached hydrogens (tertiary/aromatic N) is 2. The molecule has 0 rings (SSSR count). The number of unbranched alkanes of at least 4 members (excludes halogenated alkanes) is 2. The van der Waals surface area contributed by atoms with Crippen LogP contribution in [0.1, 0.15) is 46.5 Å². The summed E-state index contributed by atoms with van der Waals surface area (Å²) >= 11 is 7.15. The van der Waals surface area contributed by atoms with Crippen molar-refractivity contribution in [2.75, 3.05) is 18.8 Å². The third-order valence-corrected chi connectivity index (χ3v) is 3.96. The van der Waals surface area contributed by atoms with Crippen molar-refractivity contribution in [2.24, 2.45) is 5.16 Å². The van der Waals surface area contributed by atoms with Crippen LogP contribution in [-0.4, -0.2) is 39.0 Å². The van der Waals surface area contributed by atoms with Gasteiger partial charge in [0, 0.05) is 12.3 Å². The zero-order chi connectivity index (χ0) is 13.1. The van der Waals surface area contributed by atoms with E-state index in [9.17, 15) is 0 Å². The molecule has 0 aliphatic heterocycles. The fraction of sp³-hybridized carbons (Fsp3) is 0.833. The van der Waals surface area contributed by atoms with Crippen LogP contribution in [0.2, 0.25) is 0 Å². The van der Waals surface area contributed by atoms with Gasteiger partial charge in [0.25, 0.3) is 0 Å². The molecule has 0 aliphatic carbocycles. The highest BCUT2D eigenvalue weighted by Gasteiger charge is 2.10. The molecule has 0 radical (unpaired) electrons. The van der Waals surface area contributed by atoms with Gasteiger partial charge in [0.05, 0.1) is 12.3 Å². The molecule has 0 atom stereocenters. The molecule has 0 aromatic carbocycles. The summed E-state index contributed by atoms with van der Waals surface area (Å²) in [6, 6.07) is 0. The molecular weight excluding hydrogens is 252 g/mol. The fourth-order valence-corrected chi connectivity index (χ4v) is 2.64. The molecule has 17 heavy (non-hydrogen) atoms. The van der Waals surface area contributed by atoms with E-state index < -0.39 is 0 Å². The number of hydrogen-bond acceptors (Lipinski definition) is 4. The van der Waals surface area contributed by atoms with E-state index in [0.29, 0.717) is 12.3 Å². The molecule has 100 valence electrons. The Bertz CT molecular complexity index is 245. The molecule has 0 aliphatic rings. The minimum atomic E-state index is 0.633. The lowest BCUT2D eigenvalue weighted by Gasteiger charge is -2.24. The van der Waals surface area contributed by atoms with Gasteiger partial charge in [-0.3, -0.25) is 0 Å². The second-order valence-electron chi connectivity index (χ2n) is 4.08. The molecule has 0 aromatic heterocycles. The summed E-state index contributed by atoms with van der Waals surface area (Å²) in [5, 5.41) is 11.9. The van der Waals surface area contributed by atoms with E-state index in [1.807, 2.05) is 6.92 Å². The van der Waals surface area contributed by atoms with Crippen LogP contribution >= 0.6 is 24.0 Å². The largest absolute Gasteiger partial charge is 0.411 e. The summed E-state index contributed by atoms with van der Waals surface area (Å²) in [5.41, 5.74) is 0.708. The summed E-state index contributed by atoms with van der Waals surface area (Å²) in [7, 11) is 0. The molecule has 5 heteroatoms. The normalized spacial score (nSPS) is 11.6. The zero-order valence-electron chi connectivity index (χ0n) is 11.1. The maximum Gasteiger partial charge on any atom is 0.136 e. The molecule has 0 unspecified atom stereocenters. The second kappa shape index (κ2) is 10.8. The smallest absolute Gasteiger partial charge is 0.136 e. The Kier molecular flexibility index (Phi) is 10.7. The van der Waals surface area contributed by atoms with Crippen LogP contribution in [0.5, 0.6) is 0 Å². The summed E-state index contributed by atoms with van der Waals surface area (Å²) < 4.78 is 0.926. The van der Waals surface area contributed by atoms with Gasteiger partial charge in [0.1, 0.15) is 4.32 Å². The molecule has 0 saturated carbocycles. The molecule has 0 heterocycles. The molecule has 0 spiro atoms. The number of rotatable bonds is 8. The Labute approximate surface area is 115 Å². The molecule has 3 nitrogen and oxygen atoms in total. The standard InChI is InChI=1S/C12H24N2OS2/c1-4-6-8-14(10-11(3)13-15)12(16)17-9-7-5-2/h15H,4-10H2,1-3H3. The van der Waals surface area contributed by atoms with Crippen LogP contribution in [0.15, 0.2) is 5.16 Å². The van der Waals surface area contributed by atoms with E-state index in [1.54, 1.807) is 11.8 Å². The van der Waals surface area contributed by atoms with Crippen LogP contribution in [0.3, 0.4) is 0 Å². The second-order valence-corrected chi connectivity index (χ2v) is 5.81. The number of oxime groups is 1. The SMILES string of the molecule is CCCCSC(=S)N(CCCC)CC(C)=NO. The number of hydrogen-bond donors (Lipinski definition) is 1. The van der Waals surface area contributed by atoms with Gasteiger partial charge in [-0.25, -0.2) is 0 Å². The molecule has 1 N–H and O–H groups in total. The number of thiocarbonyl (C=S) groups is 1. The first-order valence-electron chi connectivity index (χ1n) is 6.24. The van der Waals surface area contributed by atoms with E-state index >= 15 is 0 Å². The van der Waals surface area contributed by atoms with E-state index in [1.165, 1.54) is 12.8 Å². The van der Waals surface area contributed by atoms with E-state index in [4.69, 9.17) is 17.4 Å². The van der Waals surface area contributed by atoms with Crippen LogP contribution in [-0.2, 0) is 0 Å². The lowest BCUT2D eigenvalue weighted by Crippen LogP contribution is -2.33. The van der Waals surface area contributed by atoms with Crippen molar-refractivity contribution in [3.8, 4) is 0 Å². The molecule has 0 amide bonds. The van der Waals surface area contributed by atoms with Crippen molar-refractivity contribution < 1.29 is 5.21 Å². The maximum absolute atomic E-state index is 8.72. The average molecular weight is 276 g/mol. The van der Waals surface area contributed by atoms with Gasteiger partial charge < -0.3 is 10.1 Å². The first-order valence-corrected chi connectivity index (χ1v) is 7.64. The van der Waals surface area contributed by atoms with Gasteiger partial charge in [-0.2, -0.15) is 0 Å². The summed E-state index contributed by atoms with van der Waals surface area (Å²) in [4.78, 5) is 2.13. The van der Waals surface area contributed by atoms with E-state index in [-0.39, 0.29) is 0 Å². The Morgan fingerprint density at radius 3 is 2.47 bits per heavy atom. The van der Waals surface area contributed by atoms with Crippen molar-refractivity contribution in [3.63, 3.8) is 0 Å². The Morgan fingerprint density at radius 1 is 1.29 bits per heavy atom. The first-order chi connectivity index (χ1) is 8.15. The van der Waals surface area contributed by atoms with Crippen LogP contribution < -0.4 is 0 Å². The molecule has 0 fully saturated rings. The van der Waals surface area contributed by atoms with Gasteiger partial charge in [0.15, 0.2) is 0 Å². The summed E-state index contributed by atoms with van der Waals surface area (Å²) in [5.74, 6) is 1.08. The zero-order valence-corrected chi connectivity index (χ0v) is 12.7. The monoisotopic (exact) mass is 276 g/mol. The van der Waals surface area contributed by atoms with E-state index in [0.717, 1.165) is 29.5 Å². The minimum Gasteiger partial charge on any atom is -0.411 e. The first kappa shape index (κ1) is 16.7. The highest BCUT2D eigenvalue weighted by molar-refractivity contribution is 8.22. The Balaban J connectivity index is 4.19. The van der Waals surface area contributed by atoms with Crippen LogP contribution in [0, 0.1) is 0 Å². The highest BCUT2D eigenvalue weighted by atomic mass is 32.2. The van der Waals surface area contributed by atoms with Gasteiger partial charge in [-0.15, -0.1) is 0 Å². The maximum atomic E-state index is 8.72. The molecule has 0 saturated heterocycles. The Hall–Kier alpha value is -0.290. The predicted octanol–water partition coefficient (Wildman–Crippen LogP) is 3.76. The summed E-state index contributed by atoms with van der Waals surface area (Å²) in [6.07, 6.45) is 4.66. The van der Waals surface area contributed by atoms with Gasteiger partial charge in [-0.1, -0.05) is 55.8 Å². The van der Waals surface area contributed by atoms with Crippen molar-refractivity contribution in [3.05, 3.63) is 0 Å². The van der Waals surface area contributed by atoms with E-state index in [2.05, 4.69) is 23.9 Å². The third-order valence-electron chi connectivity index (χ3n) is 2.35. The third kappa shape index (κ3) is 8.44. The van der Waals surface area contributed by atoms with Crippen LogP contribution in [0.4, 0.5) is 0 Å². The van der Waals surface area contributed by atoms with Crippen molar-refractivity contribution in [1.29, 1.82) is 0 Å². The predicted molar refractivity (Wildman–Crippen MR) is 81.3 cm³/mol. The summed E-state index contributed by atoms with van der Waals surface area (Å²) in [6.45, 7) is 7.74. The molecular formula is C12H24N2OS2. The van der Waals surface area contributed by atoms with Gasteiger partial charge in [-0.05, 0) is 19.8 Å². The fourth-order valence-electron chi connectivity index (χ4n) is 1.29. The lowest BCUT2D eigenvalue weighted by atomic mass is 10.3. The van der Waals surface area contributed by atoms with Crippen molar-refractivity contribution >= 4 is 34.0 Å². The van der Waals surface area contributed by atoms with Crippen molar-refractivity contribution in [2.45, 2.75) is 46.5 Å². The number of thioether (sulfide) groups is 1.